The second-order valence-corrected chi connectivity index (χ2v) is 12.5. The Bertz CT molecular complexity index is 2230. The van der Waals surface area contributed by atoms with Gasteiger partial charge in [0.05, 0.1) is 27.0 Å². The third-order valence-corrected chi connectivity index (χ3v) is 8.55. The first-order chi connectivity index (χ1) is 20.5. The molecule has 0 fully saturated rings. The van der Waals surface area contributed by atoms with Gasteiger partial charge in [-0.1, -0.05) is 54.1 Å². The summed E-state index contributed by atoms with van der Waals surface area (Å²) in [5, 5.41) is 8.54. The smallest absolute Gasteiger partial charge is 0.264 e. The minimum atomic E-state index is -3.44. The molecule has 6 aromatic rings. The van der Waals surface area contributed by atoms with Crippen molar-refractivity contribution in [1.29, 1.82) is 0 Å². The third kappa shape index (κ3) is 5.13. The van der Waals surface area contributed by atoms with Gasteiger partial charge in [-0.2, -0.15) is 0 Å². The summed E-state index contributed by atoms with van der Waals surface area (Å²) in [6.45, 7) is 1.76. The van der Waals surface area contributed by atoms with Crippen molar-refractivity contribution in [3.8, 4) is 16.9 Å². The fourth-order valence-electron chi connectivity index (χ4n) is 5.06. The monoisotopic (exact) mass is 612 g/mol. The van der Waals surface area contributed by atoms with Crippen LogP contribution in [-0.2, 0) is 9.84 Å². The van der Waals surface area contributed by atoms with Gasteiger partial charge in [-0.3, -0.25) is 14.2 Å². The fourth-order valence-corrected chi connectivity index (χ4v) is 5.98. The molecule has 0 bridgehead atoms. The zero-order valence-electron chi connectivity index (χ0n) is 23.0. The van der Waals surface area contributed by atoms with Gasteiger partial charge in [0.1, 0.15) is 5.56 Å². The number of fused-ring (bicyclic) bond motifs is 2. The predicted octanol–water partition coefficient (Wildman–Crippen LogP) is 4.83. The molecule has 1 amide bonds. The van der Waals surface area contributed by atoms with E-state index in [9.17, 15) is 18.0 Å². The number of halogens is 1. The van der Waals surface area contributed by atoms with E-state index < -0.39 is 21.8 Å². The minimum absolute atomic E-state index is 0.0371. The van der Waals surface area contributed by atoms with Crippen LogP contribution in [0.2, 0.25) is 5.02 Å². The number of pyridine rings is 1. The van der Waals surface area contributed by atoms with E-state index in [2.05, 4.69) is 15.4 Å². The quantitative estimate of drug-likeness (QED) is 0.274. The fraction of sp³-hybridized carbons (Fsp3) is 0.0968. The maximum atomic E-state index is 13.8. The first-order valence-electron chi connectivity index (χ1n) is 13.2. The van der Waals surface area contributed by atoms with E-state index in [-0.39, 0.29) is 27.5 Å². The van der Waals surface area contributed by atoms with Gasteiger partial charge < -0.3 is 11.1 Å². The Morgan fingerprint density at radius 1 is 1.00 bits per heavy atom. The average molecular weight is 613 g/mol. The molecule has 0 radical (unpaired) electrons. The summed E-state index contributed by atoms with van der Waals surface area (Å²) in [6, 6.07) is 23.5. The number of para-hydroxylation sites is 1. The molecule has 1 atom stereocenters. The number of hydrogen-bond acceptors (Lipinski definition) is 7. The topological polar surface area (TPSA) is 141 Å². The Labute approximate surface area is 251 Å². The molecule has 3 heterocycles. The Kier molecular flexibility index (Phi) is 6.99. The summed E-state index contributed by atoms with van der Waals surface area (Å²) in [6.07, 6.45) is 2.73. The number of hydrogen-bond donors (Lipinski definition) is 2. The van der Waals surface area contributed by atoms with Gasteiger partial charge in [0, 0.05) is 29.4 Å². The SMILES string of the molecule is C[C@H](NC(=O)c1c(N)nn2ccc(-c3cccc(S(C)(=O)=O)c3)nc12)c1cc2cccc(Cl)c2c(=O)n1-c1ccccc1. The van der Waals surface area contributed by atoms with Gasteiger partial charge in [-0.05, 0) is 54.8 Å². The molecule has 12 heteroatoms. The Balaban J connectivity index is 1.42. The molecule has 10 nitrogen and oxygen atoms in total. The molecule has 0 unspecified atom stereocenters. The first kappa shape index (κ1) is 28.1. The van der Waals surface area contributed by atoms with E-state index >= 15 is 0 Å². The molecule has 3 N–H and O–H groups in total. The second kappa shape index (κ2) is 10.7. The van der Waals surface area contributed by atoms with Crippen LogP contribution in [0.15, 0.2) is 101 Å². The van der Waals surface area contributed by atoms with Crippen LogP contribution in [0.25, 0.3) is 33.4 Å². The van der Waals surface area contributed by atoms with E-state index in [1.807, 2.05) is 24.3 Å². The van der Waals surface area contributed by atoms with Crippen LogP contribution in [0.1, 0.15) is 29.0 Å². The lowest BCUT2D eigenvalue weighted by Crippen LogP contribution is -2.32. The maximum absolute atomic E-state index is 13.8. The number of carbonyl (C=O) groups excluding carboxylic acids is 1. The van der Waals surface area contributed by atoms with Gasteiger partial charge in [-0.25, -0.2) is 17.9 Å². The van der Waals surface area contributed by atoms with Gasteiger partial charge >= 0.3 is 0 Å². The zero-order valence-corrected chi connectivity index (χ0v) is 24.6. The molecular weight excluding hydrogens is 588 g/mol. The van der Waals surface area contributed by atoms with Gasteiger partial charge in [0.15, 0.2) is 21.3 Å². The minimum Gasteiger partial charge on any atom is -0.381 e. The summed E-state index contributed by atoms with van der Waals surface area (Å²) in [5.41, 5.74) is 8.24. The van der Waals surface area contributed by atoms with E-state index in [1.54, 1.807) is 61.7 Å². The molecule has 0 spiro atoms. The van der Waals surface area contributed by atoms with Crippen molar-refractivity contribution >= 4 is 49.6 Å². The van der Waals surface area contributed by atoms with Crippen LogP contribution in [0.5, 0.6) is 0 Å². The van der Waals surface area contributed by atoms with Crippen molar-refractivity contribution in [1.82, 2.24) is 24.5 Å². The molecular formula is C31H25ClN6O4S. The van der Waals surface area contributed by atoms with Crippen molar-refractivity contribution in [3.05, 3.63) is 118 Å². The standard InChI is InChI=1S/C31H25ClN6O4S/c1-18(25-17-20-9-7-13-23(32)26(20)31(40)38(25)21-10-4-3-5-11-21)34-30(39)27-28(33)36-37-15-14-24(35-29(27)37)19-8-6-12-22(16-19)43(2,41)42/h3-18H,1-2H3,(H2,33,36)(H,34,39)/t18-/m0/s1. The van der Waals surface area contributed by atoms with Crippen LogP contribution in [0.3, 0.4) is 0 Å². The maximum Gasteiger partial charge on any atom is 0.264 e. The van der Waals surface area contributed by atoms with Gasteiger partial charge in [0.25, 0.3) is 11.5 Å². The van der Waals surface area contributed by atoms with Crippen LogP contribution >= 0.6 is 11.6 Å². The van der Waals surface area contributed by atoms with E-state index in [1.165, 1.54) is 21.2 Å². The Hall–Kier alpha value is -5.00. The summed E-state index contributed by atoms with van der Waals surface area (Å²) in [4.78, 5) is 32.3. The van der Waals surface area contributed by atoms with E-state index in [0.717, 1.165) is 6.26 Å². The summed E-state index contributed by atoms with van der Waals surface area (Å²) in [5.74, 6) is -0.585. The summed E-state index contributed by atoms with van der Waals surface area (Å²) >= 11 is 6.42. The van der Waals surface area contributed by atoms with Crippen molar-refractivity contribution in [2.24, 2.45) is 0 Å². The highest BCUT2D eigenvalue weighted by atomic mass is 35.5. The molecule has 6 rings (SSSR count). The number of amides is 1. The number of carbonyl (C=O) groups is 1. The predicted molar refractivity (Wildman–Crippen MR) is 166 cm³/mol. The molecule has 0 aliphatic carbocycles. The van der Waals surface area contributed by atoms with E-state index in [4.69, 9.17) is 17.3 Å². The molecule has 0 saturated carbocycles. The molecule has 43 heavy (non-hydrogen) atoms. The van der Waals surface area contributed by atoms with Crippen molar-refractivity contribution in [2.45, 2.75) is 17.9 Å². The average Bonchev–Trinajstić information content (AvgIpc) is 3.32. The first-order valence-corrected chi connectivity index (χ1v) is 15.5. The Morgan fingerprint density at radius 3 is 2.49 bits per heavy atom. The normalized spacial score (nSPS) is 12.4. The highest BCUT2D eigenvalue weighted by molar-refractivity contribution is 7.90. The van der Waals surface area contributed by atoms with Gasteiger partial charge in [-0.15, -0.1) is 5.10 Å². The lowest BCUT2D eigenvalue weighted by Gasteiger charge is -2.21. The van der Waals surface area contributed by atoms with Crippen LogP contribution in [0.4, 0.5) is 5.82 Å². The highest BCUT2D eigenvalue weighted by Crippen LogP contribution is 2.27. The molecule has 3 aromatic heterocycles. The molecule has 3 aromatic carbocycles. The lowest BCUT2D eigenvalue weighted by atomic mass is 10.1. The highest BCUT2D eigenvalue weighted by Gasteiger charge is 2.24. The number of nitrogens with one attached hydrogen (secondary N) is 1. The number of aromatic nitrogens is 4. The van der Waals surface area contributed by atoms with E-state index in [0.29, 0.717) is 38.4 Å². The number of anilines is 1. The number of nitrogens with zero attached hydrogens (tertiary/aromatic N) is 4. The molecule has 0 saturated heterocycles. The van der Waals surface area contributed by atoms with Crippen molar-refractivity contribution in [2.75, 3.05) is 12.0 Å². The molecule has 216 valence electrons. The number of nitrogen functional groups attached to an aromatic ring is 1. The van der Waals surface area contributed by atoms with Crippen LogP contribution in [-0.4, -0.2) is 39.7 Å². The van der Waals surface area contributed by atoms with Crippen molar-refractivity contribution in [3.63, 3.8) is 0 Å². The van der Waals surface area contributed by atoms with Gasteiger partial charge in [0.2, 0.25) is 0 Å². The number of sulfone groups is 1. The van der Waals surface area contributed by atoms with Crippen LogP contribution in [0, 0.1) is 0 Å². The Morgan fingerprint density at radius 2 is 1.74 bits per heavy atom. The molecule has 0 aliphatic heterocycles. The number of benzene rings is 3. The number of nitrogens with two attached hydrogens (primary N) is 1. The van der Waals surface area contributed by atoms with Crippen molar-refractivity contribution < 1.29 is 13.2 Å². The lowest BCUT2D eigenvalue weighted by molar-refractivity contribution is 0.0941. The summed E-state index contributed by atoms with van der Waals surface area (Å²) in [7, 11) is -3.44. The largest absolute Gasteiger partial charge is 0.381 e. The number of rotatable bonds is 6. The van der Waals surface area contributed by atoms with Crippen LogP contribution < -0.4 is 16.6 Å². The second-order valence-electron chi connectivity index (χ2n) is 10.1. The zero-order chi connectivity index (χ0) is 30.5. The summed E-state index contributed by atoms with van der Waals surface area (Å²) < 4.78 is 27.1. The third-order valence-electron chi connectivity index (χ3n) is 7.13. The molecule has 0 aliphatic rings.